The van der Waals surface area contributed by atoms with Gasteiger partial charge in [-0.05, 0) is 36.4 Å². The van der Waals surface area contributed by atoms with Crippen LogP contribution in [0.15, 0.2) is 53.4 Å². The summed E-state index contributed by atoms with van der Waals surface area (Å²) in [6.45, 7) is 5.64. The van der Waals surface area contributed by atoms with E-state index in [4.69, 9.17) is 4.74 Å². The van der Waals surface area contributed by atoms with Gasteiger partial charge in [-0.15, -0.1) is 0 Å². The van der Waals surface area contributed by atoms with E-state index in [1.54, 1.807) is 6.07 Å². The Balaban J connectivity index is 2.06. The first kappa shape index (κ1) is 20.9. The standard InChI is InChI=1S/C19H24N2O5S/c1-3-21(11-12-26-17-7-5-4-6-8-17)14-16-9-10-18(20-15(2)22)19(13-16)27(23,24)25/h4-10,13H,3,11-12,14H2,1-2H3,(H,20,22)(H,23,24,25). The second-order valence-electron chi connectivity index (χ2n) is 6.02. The number of carbonyl (C=O) groups is 1. The summed E-state index contributed by atoms with van der Waals surface area (Å²) in [5, 5.41) is 2.42. The fourth-order valence-electron chi connectivity index (χ4n) is 2.59. The van der Waals surface area contributed by atoms with E-state index in [2.05, 4.69) is 10.2 Å². The van der Waals surface area contributed by atoms with Gasteiger partial charge in [-0.1, -0.05) is 31.2 Å². The van der Waals surface area contributed by atoms with Crippen LogP contribution in [-0.4, -0.2) is 43.5 Å². The molecule has 2 aromatic rings. The fourth-order valence-corrected chi connectivity index (χ4v) is 3.29. The fraction of sp³-hybridized carbons (Fsp3) is 0.316. The number of hydrogen-bond donors (Lipinski definition) is 2. The van der Waals surface area contributed by atoms with E-state index >= 15 is 0 Å². The van der Waals surface area contributed by atoms with Gasteiger partial charge in [0.15, 0.2) is 0 Å². The maximum absolute atomic E-state index is 11.6. The molecule has 27 heavy (non-hydrogen) atoms. The lowest BCUT2D eigenvalue weighted by atomic mass is 10.2. The quantitative estimate of drug-likeness (QED) is 0.637. The van der Waals surface area contributed by atoms with Crippen LogP contribution in [0.4, 0.5) is 5.69 Å². The Bertz CT molecular complexity index is 869. The molecule has 2 aromatic carbocycles. The molecule has 8 heteroatoms. The molecule has 0 heterocycles. The predicted molar refractivity (Wildman–Crippen MR) is 103 cm³/mol. The zero-order valence-electron chi connectivity index (χ0n) is 15.4. The van der Waals surface area contributed by atoms with Gasteiger partial charge >= 0.3 is 0 Å². The van der Waals surface area contributed by atoms with Crippen LogP contribution < -0.4 is 10.1 Å². The van der Waals surface area contributed by atoms with Gasteiger partial charge in [0.25, 0.3) is 10.1 Å². The zero-order valence-corrected chi connectivity index (χ0v) is 16.2. The Morgan fingerprint density at radius 2 is 1.89 bits per heavy atom. The molecule has 146 valence electrons. The molecule has 0 bridgehead atoms. The van der Waals surface area contributed by atoms with Crippen LogP contribution in [0.5, 0.6) is 5.75 Å². The summed E-state index contributed by atoms with van der Waals surface area (Å²) in [5.41, 5.74) is 0.766. The minimum absolute atomic E-state index is 0.0595. The molecule has 0 unspecified atom stereocenters. The number of carbonyl (C=O) groups excluding carboxylic acids is 1. The Kier molecular flexibility index (Phi) is 7.35. The van der Waals surface area contributed by atoms with Crippen molar-refractivity contribution >= 4 is 21.7 Å². The monoisotopic (exact) mass is 392 g/mol. The molecule has 2 rings (SSSR count). The first-order chi connectivity index (χ1) is 12.8. The van der Waals surface area contributed by atoms with Crippen LogP contribution in [0, 0.1) is 0 Å². The third-order valence-electron chi connectivity index (χ3n) is 3.91. The summed E-state index contributed by atoms with van der Waals surface area (Å²) >= 11 is 0. The summed E-state index contributed by atoms with van der Waals surface area (Å²) in [6, 6.07) is 14.1. The number of nitrogens with zero attached hydrogens (tertiary/aromatic N) is 1. The molecular weight excluding hydrogens is 368 g/mol. The van der Waals surface area contributed by atoms with Crippen LogP contribution in [0.1, 0.15) is 19.4 Å². The van der Waals surface area contributed by atoms with E-state index in [0.717, 1.165) is 12.3 Å². The van der Waals surface area contributed by atoms with Crippen molar-refractivity contribution in [2.45, 2.75) is 25.3 Å². The van der Waals surface area contributed by atoms with Crippen molar-refractivity contribution in [1.29, 1.82) is 0 Å². The van der Waals surface area contributed by atoms with Gasteiger partial charge in [-0.25, -0.2) is 0 Å². The van der Waals surface area contributed by atoms with Gasteiger partial charge < -0.3 is 10.1 Å². The van der Waals surface area contributed by atoms with Crippen LogP contribution >= 0.6 is 0 Å². The summed E-state index contributed by atoms with van der Waals surface area (Å²) in [4.78, 5) is 13.0. The van der Waals surface area contributed by atoms with Crippen molar-refractivity contribution in [3.05, 3.63) is 54.1 Å². The maximum atomic E-state index is 11.6. The number of ether oxygens (including phenoxy) is 1. The SMILES string of the molecule is CCN(CCOc1ccccc1)Cc1ccc(NC(C)=O)c(S(=O)(=O)O)c1. The Morgan fingerprint density at radius 3 is 2.48 bits per heavy atom. The van der Waals surface area contributed by atoms with Gasteiger partial charge in [0, 0.05) is 20.0 Å². The molecule has 0 aliphatic heterocycles. The molecule has 0 aliphatic carbocycles. The molecule has 0 atom stereocenters. The number of amides is 1. The molecule has 0 radical (unpaired) electrons. The lowest BCUT2D eigenvalue weighted by molar-refractivity contribution is -0.114. The van der Waals surface area contributed by atoms with Crippen molar-refractivity contribution in [2.24, 2.45) is 0 Å². The number of likely N-dealkylation sites (N-methyl/N-ethyl adjacent to an activating group) is 1. The molecule has 0 saturated heterocycles. The van der Waals surface area contributed by atoms with Gasteiger partial charge in [0.1, 0.15) is 17.3 Å². The normalized spacial score (nSPS) is 11.4. The molecule has 2 N–H and O–H groups in total. The van der Waals surface area contributed by atoms with Crippen molar-refractivity contribution in [1.82, 2.24) is 4.90 Å². The lowest BCUT2D eigenvalue weighted by Gasteiger charge is -2.21. The van der Waals surface area contributed by atoms with Gasteiger partial charge in [0.2, 0.25) is 5.91 Å². The first-order valence-corrected chi connectivity index (χ1v) is 10.0. The van der Waals surface area contributed by atoms with Crippen molar-refractivity contribution in [3.8, 4) is 5.75 Å². The number of rotatable bonds is 9. The number of nitrogens with one attached hydrogen (secondary N) is 1. The Morgan fingerprint density at radius 1 is 1.19 bits per heavy atom. The highest BCUT2D eigenvalue weighted by Gasteiger charge is 2.18. The van der Waals surface area contributed by atoms with E-state index < -0.39 is 16.0 Å². The van der Waals surface area contributed by atoms with Crippen LogP contribution in [0.2, 0.25) is 0 Å². The summed E-state index contributed by atoms with van der Waals surface area (Å²) in [6.07, 6.45) is 0. The lowest BCUT2D eigenvalue weighted by Crippen LogP contribution is -2.28. The van der Waals surface area contributed by atoms with Crippen molar-refractivity contribution in [2.75, 3.05) is 25.0 Å². The maximum Gasteiger partial charge on any atom is 0.296 e. The molecule has 0 aromatic heterocycles. The first-order valence-electron chi connectivity index (χ1n) is 8.58. The molecule has 0 aliphatic rings. The molecule has 7 nitrogen and oxygen atoms in total. The zero-order chi connectivity index (χ0) is 19.9. The average Bonchev–Trinajstić information content (AvgIpc) is 2.61. The van der Waals surface area contributed by atoms with E-state index in [0.29, 0.717) is 25.3 Å². The Hall–Kier alpha value is -2.42. The smallest absolute Gasteiger partial charge is 0.296 e. The largest absolute Gasteiger partial charge is 0.492 e. The second kappa shape index (κ2) is 9.50. The minimum atomic E-state index is -4.46. The molecular formula is C19H24N2O5S. The summed E-state index contributed by atoms with van der Waals surface area (Å²) < 4.78 is 38.4. The van der Waals surface area contributed by atoms with E-state index in [1.165, 1.54) is 19.1 Å². The topological polar surface area (TPSA) is 95.9 Å². The van der Waals surface area contributed by atoms with Crippen LogP contribution in [0.25, 0.3) is 0 Å². The highest BCUT2D eigenvalue weighted by atomic mass is 32.2. The average molecular weight is 392 g/mol. The van der Waals surface area contributed by atoms with Crippen LogP contribution in [0.3, 0.4) is 0 Å². The summed E-state index contributed by atoms with van der Waals surface area (Å²) in [5.74, 6) is 0.378. The van der Waals surface area contributed by atoms with E-state index in [-0.39, 0.29) is 10.6 Å². The summed E-state index contributed by atoms with van der Waals surface area (Å²) in [7, 11) is -4.46. The van der Waals surface area contributed by atoms with E-state index in [1.807, 2.05) is 37.3 Å². The van der Waals surface area contributed by atoms with E-state index in [9.17, 15) is 17.8 Å². The number of para-hydroxylation sites is 1. The van der Waals surface area contributed by atoms with Crippen molar-refractivity contribution in [3.63, 3.8) is 0 Å². The number of benzene rings is 2. The molecule has 0 spiro atoms. The Labute approximate surface area is 159 Å². The third-order valence-corrected chi connectivity index (χ3v) is 4.80. The number of anilines is 1. The highest BCUT2D eigenvalue weighted by Crippen LogP contribution is 2.23. The van der Waals surface area contributed by atoms with Gasteiger partial charge in [-0.2, -0.15) is 8.42 Å². The molecule has 0 fully saturated rings. The van der Waals surface area contributed by atoms with Gasteiger partial charge in [-0.3, -0.25) is 14.2 Å². The number of hydrogen-bond acceptors (Lipinski definition) is 5. The molecule has 1 amide bonds. The highest BCUT2D eigenvalue weighted by molar-refractivity contribution is 7.86. The molecule has 0 saturated carbocycles. The minimum Gasteiger partial charge on any atom is -0.492 e. The predicted octanol–water partition coefficient (Wildman–Crippen LogP) is 2.79. The third kappa shape index (κ3) is 6.67. The van der Waals surface area contributed by atoms with Crippen molar-refractivity contribution < 1.29 is 22.5 Å². The van der Waals surface area contributed by atoms with Crippen LogP contribution in [-0.2, 0) is 21.5 Å². The second-order valence-corrected chi connectivity index (χ2v) is 7.41. The van der Waals surface area contributed by atoms with Gasteiger partial charge in [0.05, 0.1) is 5.69 Å².